The van der Waals surface area contributed by atoms with Crippen LogP contribution in [-0.4, -0.2) is 14.2 Å². The van der Waals surface area contributed by atoms with E-state index in [4.69, 9.17) is 15.4 Å². The molecule has 0 amide bonds. The number of rotatable bonds is 4. The monoisotopic (exact) mass is 197 g/mol. The Bertz CT molecular complexity index is 312. The molecule has 0 bridgehead atoms. The Morgan fingerprint density at radius 1 is 1.21 bits per heavy atom. The molecule has 0 aromatic heterocycles. The van der Waals surface area contributed by atoms with Crippen LogP contribution in [0.2, 0.25) is 0 Å². The molecule has 0 fully saturated rings. The van der Waals surface area contributed by atoms with Crippen LogP contribution in [0.4, 0.5) is 0 Å². The number of benzene rings is 1. The molecule has 0 aliphatic carbocycles. The Hall–Kier alpha value is -1.26. The van der Waals surface area contributed by atoms with Crippen molar-refractivity contribution in [3.8, 4) is 11.5 Å². The van der Waals surface area contributed by atoms with Gasteiger partial charge in [0.05, 0.1) is 20.8 Å². The lowest BCUT2D eigenvalue weighted by Gasteiger charge is -2.12. The second-order valence-electron chi connectivity index (χ2n) is 2.96. The molecule has 0 radical (unpaired) electrons. The third-order valence-corrected chi connectivity index (χ3v) is 1.97. The fourth-order valence-corrected chi connectivity index (χ4v) is 1.41. The third kappa shape index (κ3) is 2.16. The summed E-state index contributed by atoms with van der Waals surface area (Å²) >= 11 is 0. The highest BCUT2D eigenvalue weighted by atomic mass is 16.6. The summed E-state index contributed by atoms with van der Waals surface area (Å²) in [6.07, 6.45) is 0. The van der Waals surface area contributed by atoms with Gasteiger partial charge in [-0.2, -0.15) is 0 Å². The number of nitrogens with two attached hydrogens (primary N) is 1. The van der Waals surface area contributed by atoms with Crippen molar-refractivity contribution in [2.45, 2.75) is 13.5 Å². The van der Waals surface area contributed by atoms with E-state index in [9.17, 15) is 0 Å². The lowest BCUT2D eigenvalue weighted by atomic mass is 10.1. The lowest BCUT2D eigenvalue weighted by molar-refractivity contribution is 0.124. The predicted octanol–water partition coefficient (Wildman–Crippen LogP) is 1.40. The van der Waals surface area contributed by atoms with Crippen LogP contribution in [0.15, 0.2) is 12.1 Å². The number of methoxy groups -OCH3 is 2. The number of hydrogen-bond acceptors (Lipinski definition) is 4. The van der Waals surface area contributed by atoms with Crippen LogP contribution in [-0.2, 0) is 11.4 Å². The van der Waals surface area contributed by atoms with Crippen molar-refractivity contribution in [1.82, 2.24) is 0 Å². The zero-order valence-electron chi connectivity index (χ0n) is 8.66. The quantitative estimate of drug-likeness (QED) is 0.741. The fourth-order valence-electron chi connectivity index (χ4n) is 1.41. The van der Waals surface area contributed by atoms with Gasteiger partial charge >= 0.3 is 0 Å². The van der Waals surface area contributed by atoms with E-state index in [2.05, 4.69) is 4.84 Å². The first-order valence-corrected chi connectivity index (χ1v) is 4.26. The minimum atomic E-state index is 0.362. The van der Waals surface area contributed by atoms with Crippen molar-refractivity contribution in [1.29, 1.82) is 0 Å². The summed E-state index contributed by atoms with van der Waals surface area (Å²) in [5.74, 6) is 6.44. The van der Waals surface area contributed by atoms with Crippen LogP contribution >= 0.6 is 0 Å². The van der Waals surface area contributed by atoms with Crippen molar-refractivity contribution in [3.63, 3.8) is 0 Å². The molecule has 4 heteroatoms. The average Bonchev–Trinajstić information content (AvgIpc) is 2.17. The highest BCUT2D eigenvalue weighted by Crippen LogP contribution is 2.31. The first-order chi connectivity index (χ1) is 6.72. The maximum atomic E-state index is 5.20. The van der Waals surface area contributed by atoms with Crippen molar-refractivity contribution < 1.29 is 14.3 Å². The Morgan fingerprint density at radius 2 is 1.93 bits per heavy atom. The van der Waals surface area contributed by atoms with Crippen LogP contribution in [0, 0.1) is 6.92 Å². The van der Waals surface area contributed by atoms with E-state index >= 15 is 0 Å². The number of aryl methyl sites for hydroxylation is 1. The molecule has 78 valence electrons. The Balaban J connectivity index is 3.10. The smallest absolute Gasteiger partial charge is 0.163 e. The molecule has 1 aromatic rings. The van der Waals surface area contributed by atoms with Crippen LogP contribution < -0.4 is 15.4 Å². The summed E-state index contributed by atoms with van der Waals surface area (Å²) in [5, 5.41) is 0. The van der Waals surface area contributed by atoms with E-state index in [0.717, 1.165) is 16.9 Å². The minimum absolute atomic E-state index is 0.362. The van der Waals surface area contributed by atoms with E-state index < -0.39 is 0 Å². The molecule has 0 unspecified atom stereocenters. The fraction of sp³-hybridized carbons (Fsp3) is 0.400. The molecular weight excluding hydrogens is 182 g/mol. The first-order valence-electron chi connectivity index (χ1n) is 4.26. The largest absolute Gasteiger partial charge is 0.493 e. The van der Waals surface area contributed by atoms with Gasteiger partial charge in [0, 0.05) is 0 Å². The van der Waals surface area contributed by atoms with Gasteiger partial charge < -0.3 is 9.47 Å². The van der Waals surface area contributed by atoms with Crippen molar-refractivity contribution in [2.24, 2.45) is 5.90 Å². The molecule has 1 aromatic carbocycles. The summed E-state index contributed by atoms with van der Waals surface area (Å²) in [4.78, 5) is 4.56. The van der Waals surface area contributed by atoms with E-state index in [-0.39, 0.29) is 0 Å². The van der Waals surface area contributed by atoms with E-state index in [1.165, 1.54) is 0 Å². The average molecular weight is 197 g/mol. The molecule has 0 aliphatic heterocycles. The van der Waals surface area contributed by atoms with E-state index in [1.54, 1.807) is 14.2 Å². The second-order valence-corrected chi connectivity index (χ2v) is 2.96. The summed E-state index contributed by atoms with van der Waals surface area (Å²) in [6.45, 7) is 2.31. The van der Waals surface area contributed by atoms with Crippen molar-refractivity contribution in [3.05, 3.63) is 23.3 Å². The molecule has 0 saturated heterocycles. The minimum Gasteiger partial charge on any atom is -0.493 e. The van der Waals surface area contributed by atoms with Crippen LogP contribution in [0.1, 0.15) is 11.1 Å². The summed E-state index contributed by atoms with van der Waals surface area (Å²) in [7, 11) is 3.22. The van der Waals surface area contributed by atoms with Gasteiger partial charge in [-0.15, -0.1) is 0 Å². The van der Waals surface area contributed by atoms with Crippen LogP contribution in [0.3, 0.4) is 0 Å². The first kappa shape index (κ1) is 10.8. The normalized spacial score (nSPS) is 10.0. The molecule has 0 heterocycles. The van der Waals surface area contributed by atoms with Crippen molar-refractivity contribution in [2.75, 3.05) is 14.2 Å². The van der Waals surface area contributed by atoms with Gasteiger partial charge in [0.25, 0.3) is 0 Å². The maximum Gasteiger partial charge on any atom is 0.163 e. The lowest BCUT2D eigenvalue weighted by Crippen LogP contribution is -2.01. The van der Waals surface area contributed by atoms with E-state index in [1.807, 2.05) is 19.1 Å². The predicted molar refractivity (Wildman–Crippen MR) is 53.3 cm³/mol. The van der Waals surface area contributed by atoms with Crippen LogP contribution in [0.5, 0.6) is 11.5 Å². The van der Waals surface area contributed by atoms with Crippen molar-refractivity contribution >= 4 is 0 Å². The molecule has 0 spiro atoms. The summed E-state index contributed by atoms with van der Waals surface area (Å²) < 4.78 is 10.4. The Kier molecular flexibility index (Phi) is 3.73. The Morgan fingerprint density at radius 3 is 2.43 bits per heavy atom. The van der Waals surface area contributed by atoms with Gasteiger partial charge in [-0.1, -0.05) is 0 Å². The Labute approximate surface area is 83.5 Å². The standard InChI is InChI=1S/C10H15NO3/c1-7-4-8(6-14-11)5-9(12-2)10(7)13-3/h4-5H,6,11H2,1-3H3. The van der Waals surface area contributed by atoms with Gasteiger partial charge in [0.15, 0.2) is 11.5 Å². The molecule has 1 rings (SSSR count). The third-order valence-electron chi connectivity index (χ3n) is 1.97. The molecular formula is C10H15NO3. The topological polar surface area (TPSA) is 53.7 Å². The zero-order valence-corrected chi connectivity index (χ0v) is 8.66. The van der Waals surface area contributed by atoms with Gasteiger partial charge in [0.2, 0.25) is 0 Å². The van der Waals surface area contributed by atoms with E-state index in [0.29, 0.717) is 12.4 Å². The molecule has 0 atom stereocenters. The molecule has 2 N–H and O–H groups in total. The van der Waals surface area contributed by atoms with Gasteiger partial charge in [-0.05, 0) is 30.2 Å². The molecule has 0 saturated carbocycles. The number of hydrogen-bond donors (Lipinski definition) is 1. The highest BCUT2D eigenvalue weighted by Gasteiger charge is 2.08. The SMILES string of the molecule is COc1cc(CON)cc(C)c1OC. The maximum absolute atomic E-state index is 5.20. The molecule has 4 nitrogen and oxygen atoms in total. The summed E-state index contributed by atoms with van der Waals surface area (Å²) in [5.41, 5.74) is 1.96. The van der Waals surface area contributed by atoms with Crippen LogP contribution in [0.25, 0.3) is 0 Å². The van der Waals surface area contributed by atoms with Gasteiger partial charge in [-0.3, -0.25) is 4.84 Å². The summed E-state index contributed by atoms with van der Waals surface area (Å²) in [6, 6.07) is 3.80. The molecule has 0 aliphatic rings. The van der Waals surface area contributed by atoms with Gasteiger partial charge in [-0.25, -0.2) is 5.90 Å². The second kappa shape index (κ2) is 4.83. The van der Waals surface area contributed by atoms with Gasteiger partial charge in [0.1, 0.15) is 0 Å². The zero-order chi connectivity index (χ0) is 10.6. The molecule has 14 heavy (non-hydrogen) atoms. The highest BCUT2D eigenvalue weighted by molar-refractivity contribution is 5.48. The number of ether oxygens (including phenoxy) is 2.